The molecule has 0 radical (unpaired) electrons. The molecule has 0 aliphatic rings. The van der Waals surface area contributed by atoms with Crippen molar-refractivity contribution in [3.63, 3.8) is 0 Å². The van der Waals surface area contributed by atoms with Crippen molar-refractivity contribution in [2.24, 2.45) is 0 Å². The predicted molar refractivity (Wildman–Crippen MR) is 77.3 cm³/mol. The summed E-state index contributed by atoms with van der Waals surface area (Å²) in [6.07, 6.45) is 10.1. The SMILES string of the molecule is C=CCCCCCCCC#CC(OCC)OCC. The second kappa shape index (κ2) is 14.3. The van der Waals surface area contributed by atoms with Crippen LogP contribution in [0.2, 0.25) is 0 Å². The lowest BCUT2D eigenvalue weighted by Crippen LogP contribution is -2.14. The second-order valence-electron chi connectivity index (χ2n) is 4.16. The summed E-state index contributed by atoms with van der Waals surface area (Å²) in [6.45, 7) is 8.92. The van der Waals surface area contributed by atoms with Gasteiger partial charge in [0.1, 0.15) is 0 Å². The van der Waals surface area contributed by atoms with Gasteiger partial charge in [0.2, 0.25) is 6.29 Å². The van der Waals surface area contributed by atoms with Crippen LogP contribution in [0.1, 0.15) is 58.8 Å². The molecule has 0 N–H and O–H groups in total. The van der Waals surface area contributed by atoms with Crippen LogP contribution in [0.5, 0.6) is 0 Å². The third-order valence-electron chi connectivity index (χ3n) is 2.57. The average Bonchev–Trinajstić information content (AvgIpc) is 2.37. The van der Waals surface area contributed by atoms with Crippen molar-refractivity contribution in [2.45, 2.75) is 65.1 Å². The van der Waals surface area contributed by atoms with Crippen LogP contribution in [-0.2, 0) is 9.47 Å². The smallest absolute Gasteiger partial charge is 0.222 e. The molecule has 0 aromatic heterocycles. The van der Waals surface area contributed by atoms with Crippen LogP contribution in [-0.4, -0.2) is 19.5 Å². The first-order chi connectivity index (χ1) is 8.85. The minimum Gasteiger partial charge on any atom is -0.342 e. The molecule has 0 aromatic rings. The largest absolute Gasteiger partial charge is 0.342 e. The molecule has 0 fully saturated rings. The summed E-state index contributed by atoms with van der Waals surface area (Å²) in [6, 6.07) is 0. The van der Waals surface area contributed by atoms with Gasteiger partial charge < -0.3 is 9.47 Å². The number of hydrogen-bond acceptors (Lipinski definition) is 2. The summed E-state index contributed by atoms with van der Waals surface area (Å²) in [5, 5.41) is 0. The van der Waals surface area contributed by atoms with Gasteiger partial charge >= 0.3 is 0 Å². The van der Waals surface area contributed by atoms with Crippen LogP contribution in [0, 0.1) is 11.8 Å². The first kappa shape index (κ1) is 17.2. The number of rotatable bonds is 11. The van der Waals surface area contributed by atoms with E-state index in [-0.39, 0.29) is 6.29 Å². The van der Waals surface area contributed by atoms with E-state index in [0.29, 0.717) is 13.2 Å². The number of allylic oxidation sites excluding steroid dienone is 1. The third kappa shape index (κ3) is 11.7. The Labute approximate surface area is 113 Å². The molecule has 0 saturated carbocycles. The van der Waals surface area contributed by atoms with E-state index >= 15 is 0 Å². The third-order valence-corrected chi connectivity index (χ3v) is 2.57. The maximum atomic E-state index is 5.35. The van der Waals surface area contributed by atoms with Crippen molar-refractivity contribution in [1.82, 2.24) is 0 Å². The minimum absolute atomic E-state index is 0.340. The molecule has 0 amide bonds. The van der Waals surface area contributed by atoms with Crippen LogP contribution >= 0.6 is 0 Å². The quantitative estimate of drug-likeness (QED) is 0.236. The van der Waals surface area contributed by atoms with Crippen molar-refractivity contribution in [3.8, 4) is 11.8 Å². The van der Waals surface area contributed by atoms with Gasteiger partial charge in [-0.3, -0.25) is 0 Å². The van der Waals surface area contributed by atoms with Gasteiger partial charge in [0.25, 0.3) is 0 Å². The highest BCUT2D eigenvalue weighted by molar-refractivity contribution is 5.02. The van der Waals surface area contributed by atoms with Gasteiger partial charge in [-0.15, -0.1) is 6.58 Å². The first-order valence-electron chi connectivity index (χ1n) is 7.17. The zero-order valence-corrected chi connectivity index (χ0v) is 12.0. The molecule has 18 heavy (non-hydrogen) atoms. The standard InChI is InChI=1S/C16H28O2/c1-4-7-8-9-10-11-12-13-14-15-16(17-5-2)18-6-3/h4,16H,1,5-13H2,2-3H3. The van der Waals surface area contributed by atoms with Gasteiger partial charge in [-0.05, 0) is 39.0 Å². The van der Waals surface area contributed by atoms with E-state index in [9.17, 15) is 0 Å². The molecule has 0 rings (SSSR count). The van der Waals surface area contributed by atoms with Crippen molar-refractivity contribution < 1.29 is 9.47 Å². The highest BCUT2D eigenvalue weighted by Crippen LogP contribution is 2.06. The predicted octanol–water partition coefficient (Wildman–Crippen LogP) is 4.31. The summed E-state index contributed by atoms with van der Waals surface area (Å²) < 4.78 is 10.7. The van der Waals surface area contributed by atoms with E-state index in [0.717, 1.165) is 12.8 Å². The molecule has 0 bridgehead atoms. The summed E-state index contributed by atoms with van der Waals surface area (Å²) in [7, 11) is 0. The Bertz CT molecular complexity index is 231. The molecule has 0 heterocycles. The van der Waals surface area contributed by atoms with E-state index < -0.39 is 0 Å². The molecule has 0 atom stereocenters. The van der Waals surface area contributed by atoms with E-state index in [2.05, 4.69) is 18.4 Å². The zero-order chi connectivity index (χ0) is 13.5. The van der Waals surface area contributed by atoms with E-state index in [4.69, 9.17) is 9.47 Å². The lowest BCUT2D eigenvalue weighted by molar-refractivity contribution is -0.0970. The molecule has 0 spiro atoms. The van der Waals surface area contributed by atoms with Crippen molar-refractivity contribution in [3.05, 3.63) is 12.7 Å². The van der Waals surface area contributed by atoms with Crippen LogP contribution in [0.3, 0.4) is 0 Å². The lowest BCUT2D eigenvalue weighted by atomic mass is 10.1. The van der Waals surface area contributed by atoms with Gasteiger partial charge in [0.15, 0.2) is 0 Å². The molecule has 0 saturated heterocycles. The van der Waals surface area contributed by atoms with Gasteiger partial charge in [-0.25, -0.2) is 0 Å². The highest BCUT2D eigenvalue weighted by atomic mass is 16.7. The van der Waals surface area contributed by atoms with Crippen molar-refractivity contribution in [2.75, 3.05) is 13.2 Å². The number of ether oxygens (including phenoxy) is 2. The second-order valence-corrected chi connectivity index (χ2v) is 4.16. The van der Waals surface area contributed by atoms with E-state index in [1.165, 1.54) is 32.1 Å². The summed E-state index contributed by atoms with van der Waals surface area (Å²) in [5.41, 5.74) is 0. The Hall–Kier alpha value is -0.780. The monoisotopic (exact) mass is 252 g/mol. The molecule has 2 nitrogen and oxygen atoms in total. The molecule has 2 heteroatoms. The zero-order valence-electron chi connectivity index (χ0n) is 12.0. The fraction of sp³-hybridized carbons (Fsp3) is 0.750. The summed E-state index contributed by atoms with van der Waals surface area (Å²) >= 11 is 0. The minimum atomic E-state index is -0.340. The Morgan fingerprint density at radius 1 is 1.00 bits per heavy atom. The van der Waals surface area contributed by atoms with Crippen LogP contribution in [0.4, 0.5) is 0 Å². The molecule has 104 valence electrons. The van der Waals surface area contributed by atoms with Gasteiger partial charge in [-0.2, -0.15) is 0 Å². The van der Waals surface area contributed by atoms with Crippen LogP contribution in [0.15, 0.2) is 12.7 Å². The maximum absolute atomic E-state index is 5.35. The Morgan fingerprint density at radius 2 is 1.61 bits per heavy atom. The van der Waals surface area contributed by atoms with Gasteiger partial charge in [0.05, 0.1) is 0 Å². The van der Waals surface area contributed by atoms with Crippen LogP contribution in [0.25, 0.3) is 0 Å². The Balaban J connectivity index is 3.47. The fourth-order valence-electron chi connectivity index (χ4n) is 1.62. The van der Waals surface area contributed by atoms with Gasteiger partial charge in [-0.1, -0.05) is 31.3 Å². The summed E-state index contributed by atoms with van der Waals surface area (Å²) in [4.78, 5) is 0. The number of unbranched alkanes of at least 4 members (excludes halogenated alkanes) is 6. The Morgan fingerprint density at radius 3 is 2.22 bits per heavy atom. The molecule has 0 aliphatic carbocycles. The van der Waals surface area contributed by atoms with E-state index in [1.807, 2.05) is 19.9 Å². The molecular formula is C16H28O2. The van der Waals surface area contributed by atoms with Crippen molar-refractivity contribution in [1.29, 1.82) is 0 Å². The molecule has 0 unspecified atom stereocenters. The number of hydrogen-bond donors (Lipinski definition) is 0. The normalized spacial score (nSPS) is 10.2. The molecular weight excluding hydrogens is 224 g/mol. The summed E-state index contributed by atoms with van der Waals surface area (Å²) in [5.74, 6) is 6.17. The van der Waals surface area contributed by atoms with E-state index in [1.54, 1.807) is 0 Å². The van der Waals surface area contributed by atoms with Crippen LogP contribution < -0.4 is 0 Å². The average molecular weight is 252 g/mol. The molecule has 0 aromatic carbocycles. The molecule has 0 aliphatic heterocycles. The maximum Gasteiger partial charge on any atom is 0.222 e. The highest BCUT2D eigenvalue weighted by Gasteiger charge is 2.00. The first-order valence-corrected chi connectivity index (χ1v) is 7.17. The lowest BCUT2D eigenvalue weighted by Gasteiger charge is -2.09. The van der Waals surface area contributed by atoms with Crippen molar-refractivity contribution >= 4 is 0 Å². The van der Waals surface area contributed by atoms with Gasteiger partial charge in [0, 0.05) is 19.6 Å². The fourth-order valence-corrected chi connectivity index (χ4v) is 1.62. The topological polar surface area (TPSA) is 18.5 Å². The Kier molecular flexibility index (Phi) is 13.7.